The van der Waals surface area contributed by atoms with Crippen LogP contribution in [0.3, 0.4) is 0 Å². The molecule has 0 unspecified atom stereocenters. The second-order valence-electron chi connectivity index (χ2n) is 4.35. The molecule has 0 aliphatic heterocycles. The maximum atomic E-state index is 13.7. The summed E-state index contributed by atoms with van der Waals surface area (Å²) in [5.41, 5.74) is 0.113. The van der Waals surface area contributed by atoms with Crippen molar-refractivity contribution < 1.29 is 13.9 Å². The number of benzene rings is 1. The summed E-state index contributed by atoms with van der Waals surface area (Å²) in [4.78, 5) is 11.6. The van der Waals surface area contributed by atoms with Crippen LogP contribution in [-0.4, -0.2) is 19.6 Å². The van der Waals surface area contributed by atoms with Gasteiger partial charge in [-0.1, -0.05) is 18.2 Å². The first kappa shape index (κ1) is 12.0. The van der Waals surface area contributed by atoms with Crippen LogP contribution in [0.5, 0.6) is 0 Å². The molecule has 0 aromatic heterocycles. The van der Waals surface area contributed by atoms with Gasteiger partial charge < -0.3 is 10.1 Å². The molecule has 0 saturated heterocycles. The summed E-state index contributed by atoms with van der Waals surface area (Å²) >= 11 is 0. The van der Waals surface area contributed by atoms with E-state index in [1.165, 1.54) is 6.07 Å². The van der Waals surface area contributed by atoms with Gasteiger partial charge in [-0.3, -0.25) is 4.79 Å². The van der Waals surface area contributed by atoms with Crippen molar-refractivity contribution in [2.45, 2.75) is 24.8 Å². The Balaban J connectivity index is 2.05. The summed E-state index contributed by atoms with van der Waals surface area (Å²) in [6.45, 7) is 0.388. The van der Waals surface area contributed by atoms with Crippen molar-refractivity contribution in [1.82, 2.24) is 5.32 Å². The molecule has 1 N–H and O–H groups in total. The quantitative estimate of drug-likeness (QED) is 0.850. The number of ether oxygens (including phenoxy) is 1. The van der Waals surface area contributed by atoms with E-state index in [2.05, 4.69) is 5.32 Å². The van der Waals surface area contributed by atoms with Crippen molar-refractivity contribution >= 4 is 5.91 Å². The lowest BCUT2D eigenvalue weighted by Gasteiger charge is -2.18. The number of carbonyl (C=O) groups is 1. The van der Waals surface area contributed by atoms with Crippen LogP contribution in [0.15, 0.2) is 24.3 Å². The zero-order valence-electron chi connectivity index (χ0n) is 9.83. The molecule has 0 atom stereocenters. The summed E-state index contributed by atoms with van der Waals surface area (Å²) in [5, 5.41) is 2.90. The molecule has 1 aromatic carbocycles. The Labute approximate surface area is 100.0 Å². The minimum Gasteiger partial charge on any atom is -0.384 e. The van der Waals surface area contributed by atoms with Crippen LogP contribution < -0.4 is 5.32 Å². The molecular weight excluding hydrogens is 221 g/mol. The molecule has 1 saturated carbocycles. The third kappa shape index (κ3) is 2.64. The molecule has 92 valence electrons. The van der Waals surface area contributed by atoms with Gasteiger partial charge in [-0.15, -0.1) is 0 Å². The van der Waals surface area contributed by atoms with E-state index in [0.717, 1.165) is 12.8 Å². The Morgan fingerprint density at radius 3 is 2.76 bits per heavy atom. The predicted octanol–water partition coefficient (Wildman–Crippen LogP) is 1.97. The largest absolute Gasteiger partial charge is 0.384 e. The van der Waals surface area contributed by atoms with Crippen LogP contribution in [-0.2, 0) is 15.1 Å². The van der Waals surface area contributed by atoms with Crippen molar-refractivity contribution in [2.75, 3.05) is 13.7 Å². The van der Waals surface area contributed by atoms with E-state index in [0.29, 0.717) is 18.6 Å². The average Bonchev–Trinajstić information content (AvgIpc) is 3.07. The van der Waals surface area contributed by atoms with Gasteiger partial charge >= 0.3 is 0 Å². The van der Waals surface area contributed by atoms with Gasteiger partial charge in [0, 0.05) is 19.1 Å². The van der Waals surface area contributed by atoms with Crippen LogP contribution in [0.1, 0.15) is 24.8 Å². The van der Waals surface area contributed by atoms with Crippen LogP contribution >= 0.6 is 0 Å². The predicted molar refractivity (Wildman–Crippen MR) is 61.9 cm³/mol. The minimum atomic E-state index is -0.476. The number of nitrogens with one attached hydrogen (secondary N) is 1. The maximum Gasteiger partial charge on any atom is 0.223 e. The molecular formula is C13H16FNO2. The van der Waals surface area contributed by atoms with Gasteiger partial charge in [0.15, 0.2) is 0 Å². The van der Waals surface area contributed by atoms with Gasteiger partial charge in [0.05, 0.1) is 12.1 Å². The minimum absolute atomic E-state index is 0.0902. The van der Waals surface area contributed by atoms with Crippen LogP contribution in [0.2, 0.25) is 0 Å². The number of methoxy groups -OCH3 is 1. The maximum absolute atomic E-state index is 13.7. The molecule has 2 rings (SSSR count). The molecule has 1 fully saturated rings. The van der Waals surface area contributed by atoms with E-state index in [1.807, 2.05) is 0 Å². The molecule has 1 amide bonds. The van der Waals surface area contributed by atoms with Crippen LogP contribution in [0.25, 0.3) is 0 Å². The van der Waals surface area contributed by atoms with E-state index in [-0.39, 0.29) is 11.7 Å². The molecule has 0 bridgehead atoms. The number of rotatable bonds is 5. The van der Waals surface area contributed by atoms with E-state index < -0.39 is 5.54 Å². The van der Waals surface area contributed by atoms with E-state index >= 15 is 0 Å². The molecule has 0 heterocycles. The summed E-state index contributed by atoms with van der Waals surface area (Å²) in [5.74, 6) is -0.343. The Morgan fingerprint density at radius 2 is 2.18 bits per heavy atom. The molecule has 0 radical (unpaired) electrons. The third-order valence-corrected chi connectivity index (χ3v) is 3.05. The zero-order chi connectivity index (χ0) is 12.3. The average molecular weight is 237 g/mol. The first-order valence-corrected chi connectivity index (χ1v) is 5.73. The zero-order valence-corrected chi connectivity index (χ0v) is 9.83. The molecule has 3 nitrogen and oxygen atoms in total. The Morgan fingerprint density at radius 1 is 1.47 bits per heavy atom. The summed E-state index contributed by atoms with van der Waals surface area (Å²) in [6.07, 6.45) is 1.91. The fourth-order valence-electron chi connectivity index (χ4n) is 1.96. The first-order valence-electron chi connectivity index (χ1n) is 5.73. The number of hydrogen-bond acceptors (Lipinski definition) is 2. The third-order valence-electron chi connectivity index (χ3n) is 3.05. The lowest BCUT2D eigenvalue weighted by Crippen LogP contribution is -2.35. The van der Waals surface area contributed by atoms with Crippen molar-refractivity contribution in [3.05, 3.63) is 35.6 Å². The molecule has 4 heteroatoms. The monoisotopic (exact) mass is 237 g/mol. The van der Waals surface area contributed by atoms with E-state index in [9.17, 15) is 9.18 Å². The normalized spacial score (nSPS) is 16.6. The van der Waals surface area contributed by atoms with Crippen molar-refractivity contribution in [3.63, 3.8) is 0 Å². The number of halogens is 1. The highest BCUT2D eigenvalue weighted by Gasteiger charge is 2.47. The lowest BCUT2D eigenvalue weighted by atomic mass is 10.0. The number of hydrogen-bond donors (Lipinski definition) is 1. The van der Waals surface area contributed by atoms with Gasteiger partial charge in [-0.2, -0.15) is 0 Å². The fourth-order valence-corrected chi connectivity index (χ4v) is 1.96. The van der Waals surface area contributed by atoms with Gasteiger partial charge in [0.2, 0.25) is 5.91 Å². The fraction of sp³-hybridized carbons (Fsp3) is 0.462. The van der Waals surface area contributed by atoms with Gasteiger partial charge in [-0.05, 0) is 18.9 Å². The van der Waals surface area contributed by atoms with Crippen molar-refractivity contribution in [2.24, 2.45) is 0 Å². The summed E-state index contributed by atoms with van der Waals surface area (Å²) in [7, 11) is 1.55. The highest BCUT2D eigenvalue weighted by molar-refractivity contribution is 5.77. The molecule has 17 heavy (non-hydrogen) atoms. The summed E-state index contributed by atoms with van der Waals surface area (Å²) in [6, 6.07) is 6.61. The Bertz CT molecular complexity index is 416. The van der Waals surface area contributed by atoms with Gasteiger partial charge in [0.25, 0.3) is 0 Å². The van der Waals surface area contributed by atoms with E-state index in [1.54, 1.807) is 25.3 Å². The molecule has 1 aromatic rings. The second kappa shape index (κ2) is 4.84. The standard InChI is InChI=1S/C13H16FNO2/c1-17-9-6-12(16)15-13(7-8-13)10-4-2-3-5-11(10)14/h2-5H,6-9H2,1H3,(H,15,16). The number of carbonyl (C=O) groups excluding carboxylic acids is 1. The first-order chi connectivity index (χ1) is 8.18. The Hall–Kier alpha value is -1.42. The highest BCUT2D eigenvalue weighted by Crippen LogP contribution is 2.46. The second-order valence-corrected chi connectivity index (χ2v) is 4.35. The van der Waals surface area contributed by atoms with Crippen molar-refractivity contribution in [3.8, 4) is 0 Å². The smallest absolute Gasteiger partial charge is 0.223 e. The number of amides is 1. The molecule has 1 aliphatic carbocycles. The van der Waals surface area contributed by atoms with Gasteiger partial charge in [-0.25, -0.2) is 4.39 Å². The molecule has 1 aliphatic rings. The summed E-state index contributed by atoms with van der Waals surface area (Å²) < 4.78 is 18.5. The topological polar surface area (TPSA) is 38.3 Å². The van der Waals surface area contributed by atoms with Crippen LogP contribution in [0.4, 0.5) is 4.39 Å². The molecule has 0 spiro atoms. The lowest BCUT2D eigenvalue weighted by molar-refractivity contribution is -0.123. The van der Waals surface area contributed by atoms with Crippen molar-refractivity contribution in [1.29, 1.82) is 0 Å². The Kier molecular flexibility index (Phi) is 3.43. The van der Waals surface area contributed by atoms with E-state index in [4.69, 9.17) is 4.74 Å². The SMILES string of the molecule is COCCC(=O)NC1(c2ccccc2F)CC1. The van der Waals surface area contributed by atoms with Crippen LogP contribution in [0, 0.1) is 5.82 Å². The van der Waals surface area contributed by atoms with Gasteiger partial charge in [0.1, 0.15) is 5.82 Å². The highest BCUT2D eigenvalue weighted by atomic mass is 19.1.